The van der Waals surface area contributed by atoms with Crippen LogP contribution in [0.25, 0.3) is 0 Å². The van der Waals surface area contributed by atoms with E-state index in [0.29, 0.717) is 6.61 Å². The Morgan fingerprint density at radius 3 is 2.75 bits per heavy atom. The molecule has 3 heteroatoms. The molecule has 0 radical (unpaired) electrons. The summed E-state index contributed by atoms with van der Waals surface area (Å²) < 4.78 is 4.75. The Labute approximate surface area is 73.3 Å². The van der Waals surface area contributed by atoms with Crippen molar-refractivity contribution in [2.45, 2.75) is 6.42 Å². The van der Waals surface area contributed by atoms with Crippen molar-refractivity contribution in [2.24, 2.45) is 0 Å². The highest BCUT2D eigenvalue weighted by Gasteiger charge is 1.91. The topological polar surface area (TPSA) is 29.5 Å². The summed E-state index contributed by atoms with van der Waals surface area (Å²) in [7, 11) is 3.87. The quantitative estimate of drug-likeness (QED) is 0.351. The molecule has 0 aliphatic rings. The molecule has 0 rings (SSSR count). The van der Waals surface area contributed by atoms with Gasteiger partial charge in [0.25, 0.3) is 0 Å². The maximum Gasteiger partial charge on any atom is 0.330 e. The maximum atomic E-state index is 10.5. The molecule has 0 aliphatic carbocycles. The first-order valence-electron chi connectivity index (χ1n) is 3.79. The van der Waals surface area contributed by atoms with Crippen LogP contribution in [-0.2, 0) is 9.53 Å². The largest absolute Gasteiger partial charge is 0.462 e. The van der Waals surface area contributed by atoms with E-state index in [1.807, 2.05) is 31.3 Å². The third-order valence-corrected chi connectivity index (χ3v) is 1.10. The van der Waals surface area contributed by atoms with Crippen molar-refractivity contribution in [1.82, 2.24) is 4.90 Å². The third kappa shape index (κ3) is 6.86. The smallest absolute Gasteiger partial charge is 0.330 e. The van der Waals surface area contributed by atoms with Crippen LogP contribution in [0.3, 0.4) is 0 Å². The molecule has 0 heterocycles. The zero-order chi connectivity index (χ0) is 9.40. The minimum Gasteiger partial charge on any atom is -0.462 e. The highest BCUT2D eigenvalue weighted by molar-refractivity contribution is 5.81. The molecule has 3 nitrogen and oxygen atoms in total. The summed E-state index contributed by atoms with van der Waals surface area (Å²) in [6, 6.07) is 0. The first kappa shape index (κ1) is 10.8. The molecule has 0 spiro atoms. The Bertz CT molecular complexity index is 173. The molecule has 0 N–H and O–H groups in total. The van der Waals surface area contributed by atoms with E-state index in [-0.39, 0.29) is 5.97 Å². The van der Waals surface area contributed by atoms with Crippen LogP contribution >= 0.6 is 0 Å². The molecule has 0 fully saturated rings. The number of carbonyl (C=O) groups excluding carboxylic acids is 1. The molecule has 0 amide bonds. The summed E-state index contributed by atoms with van der Waals surface area (Å²) >= 11 is 0. The molecule has 12 heavy (non-hydrogen) atoms. The van der Waals surface area contributed by atoms with Crippen LogP contribution in [0.2, 0.25) is 0 Å². The van der Waals surface area contributed by atoms with Crippen molar-refractivity contribution in [3.05, 3.63) is 24.9 Å². The Morgan fingerprint density at radius 1 is 1.58 bits per heavy atom. The highest BCUT2D eigenvalue weighted by Crippen LogP contribution is 1.88. The van der Waals surface area contributed by atoms with Gasteiger partial charge >= 0.3 is 5.97 Å². The summed E-state index contributed by atoms with van der Waals surface area (Å²) in [6.45, 7) is 3.70. The van der Waals surface area contributed by atoms with Gasteiger partial charge in [-0.25, -0.2) is 4.79 Å². The molecule has 68 valence electrons. The summed E-state index contributed by atoms with van der Waals surface area (Å²) in [5.41, 5.74) is 0. The molecule has 0 saturated heterocycles. The molecule has 0 aromatic carbocycles. The zero-order valence-electron chi connectivity index (χ0n) is 7.62. The molecular formula is C9H15NO2. The Kier molecular flexibility index (Phi) is 5.79. The molecule has 0 saturated carbocycles. The minimum atomic E-state index is -0.367. The fourth-order valence-electron chi connectivity index (χ4n) is 0.572. The predicted octanol–water partition coefficient (Wildman–Crippen LogP) is 1.18. The van der Waals surface area contributed by atoms with Crippen LogP contribution < -0.4 is 0 Å². The number of nitrogens with zero attached hydrogens (tertiary/aromatic N) is 1. The summed E-state index contributed by atoms with van der Waals surface area (Å²) in [4.78, 5) is 12.5. The SMILES string of the molecule is C=CC(=O)OCCC=CN(C)C. The van der Waals surface area contributed by atoms with Gasteiger partial charge in [0.05, 0.1) is 6.61 Å². The van der Waals surface area contributed by atoms with E-state index in [2.05, 4.69) is 6.58 Å². The van der Waals surface area contributed by atoms with Crippen molar-refractivity contribution < 1.29 is 9.53 Å². The number of hydrogen-bond donors (Lipinski definition) is 0. The second-order valence-corrected chi connectivity index (χ2v) is 2.51. The van der Waals surface area contributed by atoms with E-state index in [0.717, 1.165) is 12.5 Å². The first-order chi connectivity index (χ1) is 5.66. The molecule has 0 aromatic rings. The molecule has 0 atom stereocenters. The van der Waals surface area contributed by atoms with E-state index in [1.54, 1.807) is 0 Å². The number of esters is 1. The Balaban J connectivity index is 3.32. The van der Waals surface area contributed by atoms with Crippen molar-refractivity contribution in [2.75, 3.05) is 20.7 Å². The lowest BCUT2D eigenvalue weighted by Crippen LogP contribution is -2.02. The van der Waals surface area contributed by atoms with Crippen LogP contribution in [0, 0.1) is 0 Å². The average molecular weight is 169 g/mol. The molecule has 0 unspecified atom stereocenters. The maximum absolute atomic E-state index is 10.5. The van der Waals surface area contributed by atoms with Gasteiger partial charge in [-0.2, -0.15) is 0 Å². The van der Waals surface area contributed by atoms with Gasteiger partial charge in [-0.15, -0.1) is 0 Å². The number of ether oxygens (including phenoxy) is 1. The molecule has 0 aromatic heterocycles. The van der Waals surface area contributed by atoms with E-state index in [9.17, 15) is 4.79 Å². The molecule has 0 bridgehead atoms. The predicted molar refractivity (Wildman–Crippen MR) is 48.6 cm³/mol. The highest BCUT2D eigenvalue weighted by atomic mass is 16.5. The van der Waals surface area contributed by atoms with E-state index >= 15 is 0 Å². The average Bonchev–Trinajstić information content (AvgIpc) is 2.03. The van der Waals surface area contributed by atoms with Crippen LogP contribution in [-0.4, -0.2) is 31.6 Å². The summed E-state index contributed by atoms with van der Waals surface area (Å²) in [5.74, 6) is -0.367. The van der Waals surface area contributed by atoms with Gasteiger partial charge in [-0.05, 0) is 6.20 Å². The van der Waals surface area contributed by atoms with Crippen LogP contribution in [0.1, 0.15) is 6.42 Å². The van der Waals surface area contributed by atoms with Crippen molar-refractivity contribution in [3.63, 3.8) is 0 Å². The summed E-state index contributed by atoms with van der Waals surface area (Å²) in [6.07, 6.45) is 5.76. The fourth-order valence-corrected chi connectivity index (χ4v) is 0.572. The molecule has 0 aliphatic heterocycles. The number of carbonyl (C=O) groups is 1. The van der Waals surface area contributed by atoms with E-state index in [1.165, 1.54) is 0 Å². The lowest BCUT2D eigenvalue weighted by molar-refractivity contribution is -0.137. The van der Waals surface area contributed by atoms with Crippen molar-refractivity contribution in [1.29, 1.82) is 0 Å². The lowest BCUT2D eigenvalue weighted by Gasteiger charge is -2.02. The van der Waals surface area contributed by atoms with Gasteiger partial charge in [0.1, 0.15) is 0 Å². The Hall–Kier alpha value is -1.25. The zero-order valence-corrected chi connectivity index (χ0v) is 7.62. The van der Waals surface area contributed by atoms with Crippen LogP contribution in [0.4, 0.5) is 0 Å². The van der Waals surface area contributed by atoms with Crippen molar-refractivity contribution >= 4 is 5.97 Å². The monoisotopic (exact) mass is 169 g/mol. The third-order valence-electron chi connectivity index (χ3n) is 1.10. The number of hydrogen-bond acceptors (Lipinski definition) is 3. The second kappa shape index (κ2) is 6.46. The Morgan fingerprint density at radius 2 is 2.25 bits per heavy atom. The first-order valence-corrected chi connectivity index (χ1v) is 3.79. The van der Waals surface area contributed by atoms with Gasteiger partial charge in [0.15, 0.2) is 0 Å². The van der Waals surface area contributed by atoms with Gasteiger partial charge in [0.2, 0.25) is 0 Å². The van der Waals surface area contributed by atoms with Crippen LogP contribution in [0.5, 0.6) is 0 Å². The lowest BCUT2D eigenvalue weighted by atomic mass is 10.4. The van der Waals surface area contributed by atoms with Crippen molar-refractivity contribution in [3.8, 4) is 0 Å². The van der Waals surface area contributed by atoms with Gasteiger partial charge in [-0.3, -0.25) is 0 Å². The fraction of sp³-hybridized carbons (Fsp3) is 0.444. The minimum absolute atomic E-state index is 0.367. The van der Waals surface area contributed by atoms with Gasteiger partial charge in [0, 0.05) is 26.6 Å². The number of rotatable bonds is 5. The van der Waals surface area contributed by atoms with E-state index in [4.69, 9.17) is 4.74 Å². The van der Waals surface area contributed by atoms with Gasteiger partial charge < -0.3 is 9.64 Å². The standard InChI is InChI=1S/C9H15NO2/c1-4-9(11)12-8-6-5-7-10(2)3/h4-5,7H,1,6,8H2,2-3H3. The molecular weight excluding hydrogens is 154 g/mol. The summed E-state index contributed by atoms with van der Waals surface area (Å²) in [5, 5.41) is 0. The van der Waals surface area contributed by atoms with Crippen LogP contribution in [0.15, 0.2) is 24.9 Å². The van der Waals surface area contributed by atoms with Gasteiger partial charge in [-0.1, -0.05) is 12.7 Å². The van der Waals surface area contributed by atoms with E-state index < -0.39 is 0 Å². The normalized spacial score (nSPS) is 9.83. The second-order valence-electron chi connectivity index (χ2n) is 2.51.